The summed E-state index contributed by atoms with van der Waals surface area (Å²) >= 11 is 0. The molecular weight excluding hydrogens is 407 g/mol. The average Bonchev–Trinajstić information content (AvgIpc) is 2.65. The van der Waals surface area contributed by atoms with Gasteiger partial charge in [0.1, 0.15) is 0 Å². The largest absolute Gasteiger partial charge is 0.481 e. The summed E-state index contributed by atoms with van der Waals surface area (Å²) in [7, 11) is -0.646. The van der Waals surface area contributed by atoms with E-state index < -0.39 is 13.9 Å². The lowest BCUT2D eigenvalue weighted by Crippen LogP contribution is -2.23. The van der Waals surface area contributed by atoms with E-state index in [-0.39, 0.29) is 23.4 Å². The molecule has 0 radical (unpaired) electrons. The molecule has 0 saturated heterocycles. The summed E-state index contributed by atoms with van der Waals surface area (Å²) in [5, 5.41) is 12.9. The quantitative estimate of drug-likeness (QED) is 0.565. The summed E-state index contributed by atoms with van der Waals surface area (Å²) in [4.78, 5) is 10.9. The molecule has 26 heavy (non-hydrogen) atoms. The third-order valence-electron chi connectivity index (χ3n) is 4.10. The van der Waals surface area contributed by atoms with E-state index in [0.717, 1.165) is 6.42 Å². The number of hydrogen-bond donors (Lipinski definition) is 1. The molecule has 0 aromatic heterocycles. The van der Waals surface area contributed by atoms with Crippen molar-refractivity contribution in [3.05, 3.63) is 90.5 Å². The van der Waals surface area contributed by atoms with Gasteiger partial charge in [0.05, 0.1) is 0 Å². The first-order valence-corrected chi connectivity index (χ1v) is 9.80. The summed E-state index contributed by atoms with van der Waals surface area (Å²) in [5.41, 5.74) is 1.25. The Kier molecular flexibility index (Phi) is 8.03. The molecule has 0 heterocycles. The van der Waals surface area contributed by atoms with Gasteiger partial charge in [0.15, 0.2) is 0 Å². The van der Waals surface area contributed by atoms with Crippen molar-refractivity contribution in [2.45, 2.75) is 19.3 Å². The van der Waals surface area contributed by atoms with Crippen molar-refractivity contribution in [3.8, 4) is 0 Å². The molecule has 0 amide bonds. The second-order valence-corrected chi connectivity index (χ2v) is 8.07. The Morgan fingerprint density at radius 1 is 0.769 bits per heavy atom. The van der Waals surface area contributed by atoms with E-state index in [1.54, 1.807) is 0 Å². The molecular formula is C22H22BrO2P. The van der Waals surface area contributed by atoms with Crippen LogP contribution in [0.2, 0.25) is 0 Å². The van der Waals surface area contributed by atoms with Crippen LogP contribution in [0.15, 0.2) is 84.9 Å². The van der Waals surface area contributed by atoms with E-state index >= 15 is 0 Å². The van der Waals surface area contributed by atoms with Crippen molar-refractivity contribution in [3.63, 3.8) is 0 Å². The number of hydrogen-bond acceptors (Lipinski definition) is 1. The minimum Gasteiger partial charge on any atom is -0.481 e. The zero-order valence-corrected chi connectivity index (χ0v) is 17.0. The van der Waals surface area contributed by atoms with Gasteiger partial charge in [-0.25, -0.2) is 0 Å². The summed E-state index contributed by atoms with van der Waals surface area (Å²) < 4.78 is 0. The molecule has 4 heteroatoms. The van der Waals surface area contributed by atoms with Crippen molar-refractivity contribution in [2.75, 3.05) is 0 Å². The molecule has 0 spiro atoms. The van der Waals surface area contributed by atoms with Crippen LogP contribution in [-0.4, -0.2) is 11.1 Å². The van der Waals surface area contributed by atoms with Gasteiger partial charge >= 0.3 is 5.97 Å². The number of carboxylic acid groups (broad SMARTS) is 1. The number of rotatable bonds is 7. The minimum atomic E-state index is -0.731. The van der Waals surface area contributed by atoms with Gasteiger partial charge < -0.3 is 5.11 Å². The maximum Gasteiger partial charge on any atom is 0.303 e. The lowest BCUT2D eigenvalue weighted by atomic mass is 10.1. The summed E-state index contributed by atoms with van der Waals surface area (Å²) in [5.74, 6) is -0.731. The smallest absolute Gasteiger partial charge is 0.303 e. The van der Waals surface area contributed by atoms with E-state index in [1.807, 2.05) is 18.2 Å². The third kappa shape index (κ3) is 5.27. The van der Waals surface area contributed by atoms with Crippen LogP contribution in [0.4, 0.5) is 0 Å². The van der Waals surface area contributed by atoms with Crippen molar-refractivity contribution in [1.82, 2.24) is 0 Å². The fourth-order valence-corrected chi connectivity index (χ4v) is 5.46. The van der Waals surface area contributed by atoms with Crippen LogP contribution in [0.25, 0.3) is 0 Å². The number of carboxylic acids is 1. The van der Waals surface area contributed by atoms with E-state index in [2.05, 4.69) is 66.7 Å². The van der Waals surface area contributed by atoms with Crippen molar-refractivity contribution >= 4 is 46.8 Å². The van der Waals surface area contributed by atoms with Crippen molar-refractivity contribution < 1.29 is 9.90 Å². The molecule has 3 aromatic carbocycles. The zero-order valence-electron chi connectivity index (χ0n) is 14.4. The Morgan fingerprint density at radius 2 is 1.27 bits per heavy atom. The van der Waals surface area contributed by atoms with Gasteiger partial charge in [-0.3, -0.25) is 4.79 Å². The first-order valence-electron chi connectivity index (χ1n) is 8.45. The summed E-state index contributed by atoms with van der Waals surface area (Å²) in [6.07, 6.45) is 1.67. The molecule has 0 aliphatic carbocycles. The summed E-state index contributed by atoms with van der Waals surface area (Å²) in [6, 6.07) is 29.6. The molecule has 0 unspecified atom stereocenters. The second kappa shape index (κ2) is 10.3. The fourth-order valence-electron chi connectivity index (χ4n) is 2.95. The standard InChI is InChI=1S/C22H21O2P.BrH/c23-22(24)17-9-11-18-10-7-8-16-21(18)25(19-12-3-1-4-13-19)20-14-5-2-6-15-20;/h1-8,10,12-16H,9,11,17H2,(H,23,24);1H. The van der Waals surface area contributed by atoms with E-state index in [1.165, 1.54) is 21.5 Å². The zero-order chi connectivity index (χ0) is 17.5. The Balaban J connectivity index is 0.00000243. The normalized spacial score (nSPS) is 10.3. The molecule has 3 rings (SSSR count). The van der Waals surface area contributed by atoms with E-state index in [0.29, 0.717) is 6.42 Å². The van der Waals surface area contributed by atoms with Crippen LogP contribution in [0.3, 0.4) is 0 Å². The first-order chi connectivity index (χ1) is 12.3. The molecule has 0 aliphatic rings. The third-order valence-corrected chi connectivity index (χ3v) is 6.65. The SMILES string of the molecule is Br.O=C(O)CCCc1ccccc1P(c1ccccc1)c1ccccc1. The Morgan fingerprint density at radius 3 is 1.81 bits per heavy atom. The molecule has 3 aromatic rings. The topological polar surface area (TPSA) is 37.3 Å². The van der Waals surface area contributed by atoms with Gasteiger partial charge in [-0.05, 0) is 42.2 Å². The molecule has 0 saturated carbocycles. The number of carbonyl (C=O) groups is 1. The first kappa shape index (κ1) is 20.4. The fraction of sp³-hybridized carbons (Fsp3) is 0.136. The number of benzene rings is 3. The number of aliphatic carboxylic acids is 1. The van der Waals surface area contributed by atoms with Crippen LogP contribution >= 0.6 is 24.9 Å². The molecule has 134 valence electrons. The molecule has 1 N–H and O–H groups in total. The maximum absolute atomic E-state index is 10.9. The predicted octanol–water partition coefficient (Wildman–Crippen LogP) is 4.43. The van der Waals surface area contributed by atoms with Crippen LogP contribution in [0, 0.1) is 0 Å². The molecule has 2 nitrogen and oxygen atoms in total. The Bertz CT molecular complexity index is 782. The molecule has 0 fully saturated rings. The van der Waals surface area contributed by atoms with E-state index in [4.69, 9.17) is 5.11 Å². The maximum atomic E-state index is 10.9. The van der Waals surface area contributed by atoms with Gasteiger partial charge in [0.2, 0.25) is 0 Å². The average molecular weight is 429 g/mol. The second-order valence-electron chi connectivity index (χ2n) is 5.88. The van der Waals surface area contributed by atoms with Gasteiger partial charge in [-0.2, -0.15) is 0 Å². The highest BCUT2D eigenvalue weighted by Crippen LogP contribution is 2.34. The van der Waals surface area contributed by atoms with Gasteiger partial charge in [-0.1, -0.05) is 84.9 Å². The lowest BCUT2D eigenvalue weighted by Gasteiger charge is -2.22. The highest BCUT2D eigenvalue weighted by Gasteiger charge is 2.18. The van der Waals surface area contributed by atoms with Crippen LogP contribution in [-0.2, 0) is 11.2 Å². The predicted molar refractivity (Wildman–Crippen MR) is 116 cm³/mol. The van der Waals surface area contributed by atoms with Gasteiger partial charge in [0, 0.05) is 6.42 Å². The minimum absolute atomic E-state index is 0. The van der Waals surface area contributed by atoms with Gasteiger partial charge in [0.25, 0.3) is 0 Å². The summed E-state index contributed by atoms with van der Waals surface area (Å²) in [6.45, 7) is 0. The van der Waals surface area contributed by atoms with Gasteiger partial charge in [-0.15, -0.1) is 17.0 Å². The number of halogens is 1. The van der Waals surface area contributed by atoms with E-state index in [9.17, 15) is 4.79 Å². The van der Waals surface area contributed by atoms with Crippen LogP contribution in [0.1, 0.15) is 18.4 Å². The van der Waals surface area contributed by atoms with Crippen LogP contribution < -0.4 is 15.9 Å². The molecule has 0 aliphatic heterocycles. The Hall–Kier alpha value is -1.96. The van der Waals surface area contributed by atoms with Crippen molar-refractivity contribution in [1.29, 1.82) is 0 Å². The highest BCUT2D eigenvalue weighted by atomic mass is 79.9. The van der Waals surface area contributed by atoms with Crippen molar-refractivity contribution in [2.24, 2.45) is 0 Å². The Labute approximate surface area is 166 Å². The number of aryl methyl sites for hydroxylation is 1. The lowest BCUT2D eigenvalue weighted by molar-refractivity contribution is -0.137. The highest BCUT2D eigenvalue weighted by molar-refractivity contribution is 8.93. The molecule has 0 bridgehead atoms. The molecule has 0 atom stereocenters. The monoisotopic (exact) mass is 428 g/mol. The van der Waals surface area contributed by atoms with Crippen LogP contribution in [0.5, 0.6) is 0 Å².